The van der Waals surface area contributed by atoms with Gasteiger partial charge in [0.15, 0.2) is 4.34 Å². The molecule has 3 heterocycles. The Labute approximate surface area is 267 Å². The molecule has 0 unspecified atom stereocenters. The number of nitrogens with zero attached hydrogens (tertiary/aromatic N) is 3. The van der Waals surface area contributed by atoms with Crippen molar-refractivity contribution in [3.05, 3.63) is 104 Å². The lowest BCUT2D eigenvalue weighted by molar-refractivity contribution is -0.132. The van der Waals surface area contributed by atoms with E-state index in [0.717, 1.165) is 22.4 Å². The van der Waals surface area contributed by atoms with E-state index in [0.29, 0.717) is 43.6 Å². The summed E-state index contributed by atoms with van der Waals surface area (Å²) in [5, 5.41) is 21.5. The summed E-state index contributed by atoms with van der Waals surface area (Å²) in [4.78, 5) is 28.6. The average molecular weight is 653 g/mol. The van der Waals surface area contributed by atoms with Gasteiger partial charge in [0.2, 0.25) is 5.13 Å². The highest BCUT2D eigenvalue weighted by atomic mass is 35.5. The molecule has 2 aliphatic rings. The molecule has 2 aliphatic heterocycles. The Morgan fingerprint density at radius 2 is 1.86 bits per heavy atom. The van der Waals surface area contributed by atoms with Crippen LogP contribution in [0.3, 0.4) is 0 Å². The van der Waals surface area contributed by atoms with E-state index in [9.17, 15) is 14.7 Å². The molecule has 1 amide bonds. The van der Waals surface area contributed by atoms with Gasteiger partial charge in [0.25, 0.3) is 5.78 Å². The van der Waals surface area contributed by atoms with E-state index in [1.807, 2.05) is 43.3 Å². The summed E-state index contributed by atoms with van der Waals surface area (Å²) < 4.78 is 6.41. The van der Waals surface area contributed by atoms with Crippen molar-refractivity contribution in [3.8, 4) is 5.75 Å². The lowest BCUT2D eigenvalue weighted by Gasteiger charge is -2.23. The van der Waals surface area contributed by atoms with Gasteiger partial charge >= 0.3 is 5.91 Å². The summed E-state index contributed by atoms with van der Waals surface area (Å²) in [5.41, 5.74) is 4.07. The average Bonchev–Trinajstić information content (AvgIpc) is 3.67. The second-order valence-corrected chi connectivity index (χ2v) is 13.8. The molecule has 0 radical (unpaired) electrons. The van der Waals surface area contributed by atoms with Crippen molar-refractivity contribution in [2.45, 2.75) is 55.3 Å². The van der Waals surface area contributed by atoms with Gasteiger partial charge < -0.3 is 9.84 Å². The number of ketones is 1. The number of benzene rings is 3. The number of carbonyl (C=O) groups is 2. The summed E-state index contributed by atoms with van der Waals surface area (Å²) in [5.74, 6) is -0.219. The van der Waals surface area contributed by atoms with Crippen molar-refractivity contribution in [1.82, 2.24) is 10.2 Å². The first kappa shape index (κ1) is 29.7. The summed E-state index contributed by atoms with van der Waals surface area (Å²) in [6, 6.07) is 17.5. The number of aliphatic hydroxyl groups is 1. The van der Waals surface area contributed by atoms with Crippen LogP contribution in [0.1, 0.15) is 60.5 Å². The Morgan fingerprint density at radius 1 is 1.09 bits per heavy atom. The van der Waals surface area contributed by atoms with Crippen LogP contribution in [-0.2, 0) is 21.8 Å². The second kappa shape index (κ2) is 12.0. The number of hydrogen-bond acceptors (Lipinski definition) is 8. The Hall–Kier alpha value is -3.37. The van der Waals surface area contributed by atoms with Crippen molar-refractivity contribution >= 4 is 68.9 Å². The standard InChI is InChI=1S/C32H27Cl2N3O4S2/c1-16(2)18-4-6-19(7-5-18)27-26(28(38)20-9-11-25-22(13-20)12-17(3)41-25)29(39)30(40)37(27)31-35-36-32(43-31)42-15-21-8-10-23(33)14-24(21)34/h4-11,13-14,16-17,27,38H,12,15H2,1-3H3/t17-,27+/m1/s1. The van der Waals surface area contributed by atoms with Gasteiger partial charge in [-0.15, -0.1) is 10.2 Å². The minimum atomic E-state index is -0.888. The van der Waals surface area contributed by atoms with Gasteiger partial charge in [-0.05, 0) is 65.4 Å². The molecule has 6 rings (SSSR count). The van der Waals surface area contributed by atoms with Crippen LogP contribution in [0.2, 0.25) is 10.0 Å². The highest BCUT2D eigenvalue weighted by molar-refractivity contribution is 8.00. The Balaban J connectivity index is 1.38. The van der Waals surface area contributed by atoms with Crippen LogP contribution in [0.15, 0.2) is 70.6 Å². The van der Waals surface area contributed by atoms with E-state index in [2.05, 4.69) is 24.0 Å². The molecule has 0 bridgehead atoms. The van der Waals surface area contributed by atoms with Gasteiger partial charge in [-0.3, -0.25) is 14.5 Å². The summed E-state index contributed by atoms with van der Waals surface area (Å²) in [6.45, 7) is 6.17. The van der Waals surface area contributed by atoms with E-state index in [4.69, 9.17) is 27.9 Å². The molecule has 0 saturated carbocycles. The number of thioether (sulfide) groups is 1. The molecule has 3 aromatic carbocycles. The van der Waals surface area contributed by atoms with Crippen LogP contribution < -0.4 is 9.64 Å². The van der Waals surface area contributed by atoms with Gasteiger partial charge in [0.1, 0.15) is 17.6 Å². The molecule has 1 N–H and O–H groups in total. The molecule has 220 valence electrons. The minimum absolute atomic E-state index is 0.00607. The number of hydrogen-bond donors (Lipinski definition) is 1. The molecule has 1 aromatic heterocycles. The van der Waals surface area contributed by atoms with Crippen LogP contribution in [0.4, 0.5) is 5.13 Å². The number of rotatable bonds is 7. The van der Waals surface area contributed by atoms with Crippen molar-refractivity contribution < 1.29 is 19.4 Å². The number of halogens is 2. The van der Waals surface area contributed by atoms with Crippen molar-refractivity contribution in [1.29, 1.82) is 0 Å². The Bertz CT molecular complexity index is 1770. The van der Waals surface area contributed by atoms with Crippen molar-refractivity contribution in [3.63, 3.8) is 0 Å². The van der Waals surface area contributed by atoms with Crippen LogP contribution in [0, 0.1) is 0 Å². The molecule has 2 atom stereocenters. The number of fused-ring (bicyclic) bond motifs is 1. The Morgan fingerprint density at radius 3 is 2.58 bits per heavy atom. The number of Topliss-reactive ketones (excluding diaryl/α,β-unsaturated/α-hetero) is 1. The maximum atomic E-state index is 13.6. The third-order valence-corrected chi connectivity index (χ3v) is 10.2. The molecule has 0 aliphatic carbocycles. The predicted octanol–water partition coefficient (Wildman–Crippen LogP) is 8.21. The molecule has 4 aromatic rings. The zero-order valence-corrected chi connectivity index (χ0v) is 26.7. The number of amides is 1. The molecule has 7 nitrogen and oxygen atoms in total. The third kappa shape index (κ3) is 5.79. The van der Waals surface area contributed by atoms with Gasteiger partial charge in [0.05, 0.1) is 11.6 Å². The van der Waals surface area contributed by atoms with Gasteiger partial charge in [-0.25, -0.2) is 0 Å². The van der Waals surface area contributed by atoms with E-state index in [-0.39, 0.29) is 22.6 Å². The predicted molar refractivity (Wildman–Crippen MR) is 171 cm³/mol. The zero-order valence-electron chi connectivity index (χ0n) is 23.5. The van der Waals surface area contributed by atoms with E-state index >= 15 is 0 Å². The SMILES string of the molecule is CC(C)c1ccc([C@H]2C(=C(O)c3ccc4c(c3)C[C@@H](C)O4)C(=O)C(=O)N2c2nnc(SCc3ccc(Cl)cc3Cl)s2)cc1. The summed E-state index contributed by atoms with van der Waals surface area (Å²) in [7, 11) is 0. The van der Waals surface area contributed by atoms with Gasteiger partial charge in [-0.2, -0.15) is 0 Å². The van der Waals surface area contributed by atoms with Crippen LogP contribution >= 0.6 is 46.3 Å². The molecular formula is C32H27Cl2N3O4S2. The second-order valence-electron chi connectivity index (χ2n) is 10.8. The van der Waals surface area contributed by atoms with Crippen molar-refractivity contribution in [2.24, 2.45) is 0 Å². The molecule has 1 fully saturated rings. The number of aliphatic hydroxyl groups excluding tert-OH is 1. The lowest BCUT2D eigenvalue weighted by Crippen LogP contribution is -2.29. The number of carbonyl (C=O) groups excluding carboxylic acids is 2. The fourth-order valence-electron chi connectivity index (χ4n) is 5.27. The van der Waals surface area contributed by atoms with Crippen LogP contribution in [0.5, 0.6) is 5.75 Å². The van der Waals surface area contributed by atoms with Crippen molar-refractivity contribution in [2.75, 3.05) is 4.90 Å². The maximum absolute atomic E-state index is 13.6. The fourth-order valence-corrected chi connectivity index (χ4v) is 7.70. The topological polar surface area (TPSA) is 92.6 Å². The first-order chi connectivity index (χ1) is 20.6. The van der Waals surface area contributed by atoms with Crippen LogP contribution in [-0.4, -0.2) is 33.1 Å². The normalized spacial score (nSPS) is 19.3. The number of aromatic nitrogens is 2. The highest BCUT2D eigenvalue weighted by Crippen LogP contribution is 2.45. The molecular weight excluding hydrogens is 625 g/mol. The third-order valence-electron chi connectivity index (χ3n) is 7.50. The minimum Gasteiger partial charge on any atom is -0.507 e. The molecule has 43 heavy (non-hydrogen) atoms. The lowest BCUT2D eigenvalue weighted by atomic mass is 9.93. The first-order valence-electron chi connectivity index (χ1n) is 13.7. The molecule has 0 spiro atoms. The van der Waals surface area contributed by atoms with Gasteiger partial charge in [0, 0.05) is 27.8 Å². The largest absolute Gasteiger partial charge is 0.507 e. The summed E-state index contributed by atoms with van der Waals surface area (Å²) >= 11 is 15.0. The smallest absolute Gasteiger partial charge is 0.301 e. The fraction of sp³-hybridized carbons (Fsp3) is 0.250. The monoisotopic (exact) mass is 651 g/mol. The van der Waals surface area contributed by atoms with E-state index in [1.165, 1.54) is 28.0 Å². The maximum Gasteiger partial charge on any atom is 0.301 e. The first-order valence-corrected chi connectivity index (χ1v) is 16.3. The highest BCUT2D eigenvalue weighted by Gasteiger charge is 2.48. The number of anilines is 1. The van der Waals surface area contributed by atoms with Crippen LogP contribution in [0.25, 0.3) is 5.76 Å². The quantitative estimate of drug-likeness (QED) is 0.0707. The Kier molecular flexibility index (Phi) is 8.26. The zero-order chi connectivity index (χ0) is 30.4. The van der Waals surface area contributed by atoms with E-state index in [1.54, 1.807) is 24.3 Å². The molecule has 11 heteroatoms. The number of ether oxygens (including phenoxy) is 1. The molecule has 1 saturated heterocycles. The van der Waals surface area contributed by atoms with Gasteiger partial charge in [-0.1, -0.05) is 90.5 Å². The summed E-state index contributed by atoms with van der Waals surface area (Å²) in [6.07, 6.45) is 0.717. The van der Waals surface area contributed by atoms with E-state index < -0.39 is 17.7 Å².